The molecule has 15 heavy (non-hydrogen) atoms. The predicted octanol–water partition coefficient (Wildman–Crippen LogP) is 2.16. The summed E-state index contributed by atoms with van der Waals surface area (Å²) in [6, 6.07) is 3.50. The van der Waals surface area contributed by atoms with Gasteiger partial charge in [0.2, 0.25) is 0 Å². The number of rotatable bonds is 2. The van der Waals surface area contributed by atoms with E-state index in [-0.39, 0.29) is 0 Å². The van der Waals surface area contributed by atoms with Gasteiger partial charge < -0.3 is 9.84 Å². The molecule has 4 heteroatoms. The van der Waals surface area contributed by atoms with Crippen LogP contribution in [0.15, 0.2) is 12.1 Å². The topological polar surface area (TPSA) is 46.5 Å². The van der Waals surface area contributed by atoms with Gasteiger partial charge in [0, 0.05) is 10.6 Å². The monoisotopic (exact) mass is 228 g/mol. The SMILES string of the molecule is COC(=O)C(O)c1c(Cl)ccc(C)c1C. The fraction of sp³-hybridized carbons (Fsp3) is 0.364. The Bertz CT molecular complexity index is 388. The number of aliphatic hydroxyl groups is 1. The molecule has 82 valence electrons. The van der Waals surface area contributed by atoms with Crippen molar-refractivity contribution < 1.29 is 14.6 Å². The maximum Gasteiger partial charge on any atom is 0.339 e. The zero-order valence-corrected chi connectivity index (χ0v) is 9.63. The van der Waals surface area contributed by atoms with Gasteiger partial charge >= 0.3 is 5.97 Å². The van der Waals surface area contributed by atoms with Crippen molar-refractivity contribution in [2.45, 2.75) is 20.0 Å². The zero-order valence-electron chi connectivity index (χ0n) is 8.87. The standard InChI is InChI=1S/C11H13ClO3/c1-6-4-5-8(12)9(7(6)2)10(13)11(14)15-3/h4-5,10,13H,1-3H3. The van der Waals surface area contributed by atoms with Crippen LogP contribution in [0.3, 0.4) is 0 Å². The lowest BCUT2D eigenvalue weighted by molar-refractivity contribution is -0.150. The zero-order chi connectivity index (χ0) is 11.6. The minimum atomic E-state index is -1.32. The molecule has 0 aromatic heterocycles. The van der Waals surface area contributed by atoms with E-state index >= 15 is 0 Å². The van der Waals surface area contributed by atoms with Crippen molar-refractivity contribution in [2.75, 3.05) is 7.11 Å². The molecule has 0 spiro atoms. The first-order valence-corrected chi connectivity index (χ1v) is 4.88. The van der Waals surface area contributed by atoms with E-state index in [2.05, 4.69) is 4.74 Å². The molecule has 0 radical (unpaired) electrons. The van der Waals surface area contributed by atoms with Crippen molar-refractivity contribution in [3.8, 4) is 0 Å². The van der Waals surface area contributed by atoms with Gasteiger partial charge in [-0.15, -0.1) is 0 Å². The van der Waals surface area contributed by atoms with Crippen LogP contribution >= 0.6 is 11.6 Å². The number of ether oxygens (including phenoxy) is 1. The molecule has 0 saturated heterocycles. The smallest absolute Gasteiger partial charge is 0.339 e. The minimum Gasteiger partial charge on any atom is -0.467 e. The van der Waals surface area contributed by atoms with E-state index in [1.54, 1.807) is 6.07 Å². The summed E-state index contributed by atoms with van der Waals surface area (Å²) in [6.45, 7) is 3.70. The summed E-state index contributed by atoms with van der Waals surface area (Å²) in [5, 5.41) is 10.1. The van der Waals surface area contributed by atoms with Crippen LogP contribution in [0.4, 0.5) is 0 Å². The second kappa shape index (κ2) is 4.64. The molecule has 0 heterocycles. The fourth-order valence-corrected chi connectivity index (χ4v) is 1.68. The van der Waals surface area contributed by atoms with Gasteiger partial charge in [0.1, 0.15) is 0 Å². The summed E-state index contributed by atoms with van der Waals surface area (Å²) in [4.78, 5) is 11.2. The second-order valence-electron chi connectivity index (χ2n) is 3.33. The highest BCUT2D eigenvalue weighted by molar-refractivity contribution is 6.31. The second-order valence-corrected chi connectivity index (χ2v) is 3.74. The maximum absolute atomic E-state index is 11.2. The minimum absolute atomic E-state index is 0.371. The van der Waals surface area contributed by atoms with Crippen molar-refractivity contribution in [3.05, 3.63) is 33.8 Å². The van der Waals surface area contributed by atoms with Gasteiger partial charge in [0.25, 0.3) is 0 Å². The molecule has 1 aromatic carbocycles. The number of aliphatic hydroxyl groups excluding tert-OH is 1. The van der Waals surface area contributed by atoms with Gasteiger partial charge in [-0.05, 0) is 31.0 Å². The molecule has 0 fully saturated rings. The third-order valence-electron chi connectivity index (χ3n) is 2.43. The number of esters is 1. The van der Waals surface area contributed by atoms with E-state index in [0.29, 0.717) is 10.6 Å². The first kappa shape index (κ1) is 12.0. The molecule has 0 aliphatic heterocycles. The number of hydrogen-bond donors (Lipinski definition) is 1. The lowest BCUT2D eigenvalue weighted by atomic mass is 9.99. The van der Waals surface area contributed by atoms with Crippen molar-refractivity contribution in [3.63, 3.8) is 0 Å². The lowest BCUT2D eigenvalue weighted by Crippen LogP contribution is -2.15. The first-order valence-electron chi connectivity index (χ1n) is 4.50. The Balaban J connectivity index is 3.24. The van der Waals surface area contributed by atoms with Crippen LogP contribution in [0.5, 0.6) is 0 Å². The molecule has 0 aliphatic carbocycles. The third-order valence-corrected chi connectivity index (χ3v) is 2.76. The van der Waals surface area contributed by atoms with E-state index in [1.807, 2.05) is 19.9 Å². The van der Waals surface area contributed by atoms with Gasteiger partial charge in [0.15, 0.2) is 6.10 Å². The number of carbonyl (C=O) groups excluding carboxylic acids is 1. The summed E-state index contributed by atoms with van der Waals surface area (Å²) in [5.74, 6) is -0.703. The fourth-order valence-electron chi connectivity index (χ4n) is 1.37. The first-order chi connectivity index (χ1) is 6.99. The lowest BCUT2D eigenvalue weighted by Gasteiger charge is -2.15. The maximum atomic E-state index is 11.2. The number of benzene rings is 1. The highest BCUT2D eigenvalue weighted by Gasteiger charge is 2.23. The molecular formula is C11H13ClO3. The predicted molar refractivity (Wildman–Crippen MR) is 57.9 cm³/mol. The Morgan fingerprint density at radius 3 is 2.60 bits per heavy atom. The summed E-state index contributed by atoms with van der Waals surface area (Å²) < 4.78 is 4.47. The van der Waals surface area contributed by atoms with Crippen LogP contribution in [0.2, 0.25) is 5.02 Å². The quantitative estimate of drug-likeness (QED) is 0.790. The van der Waals surface area contributed by atoms with Crippen LogP contribution in [0, 0.1) is 13.8 Å². The summed E-state index contributed by atoms with van der Waals surface area (Å²) >= 11 is 5.93. The summed E-state index contributed by atoms with van der Waals surface area (Å²) in [7, 11) is 1.23. The van der Waals surface area contributed by atoms with Gasteiger partial charge in [-0.1, -0.05) is 17.7 Å². The largest absolute Gasteiger partial charge is 0.467 e. The third kappa shape index (κ3) is 2.30. The number of aryl methyl sites for hydroxylation is 1. The van der Waals surface area contributed by atoms with Crippen LogP contribution in [-0.2, 0) is 9.53 Å². The molecule has 3 nitrogen and oxygen atoms in total. The Morgan fingerprint density at radius 2 is 2.07 bits per heavy atom. The molecule has 1 N–H and O–H groups in total. The van der Waals surface area contributed by atoms with Crippen LogP contribution in [0.1, 0.15) is 22.8 Å². The number of hydrogen-bond acceptors (Lipinski definition) is 3. The summed E-state index contributed by atoms with van der Waals surface area (Å²) in [6.07, 6.45) is -1.32. The van der Waals surface area contributed by atoms with E-state index in [9.17, 15) is 9.90 Å². The molecule has 1 aromatic rings. The van der Waals surface area contributed by atoms with Crippen molar-refractivity contribution in [1.82, 2.24) is 0 Å². The van der Waals surface area contributed by atoms with Gasteiger partial charge in [0.05, 0.1) is 7.11 Å². The highest BCUT2D eigenvalue weighted by Crippen LogP contribution is 2.29. The summed E-state index contributed by atoms with van der Waals surface area (Å²) in [5.41, 5.74) is 2.20. The molecule has 1 unspecified atom stereocenters. The Labute approximate surface area is 93.6 Å². The van der Waals surface area contributed by atoms with E-state index in [1.165, 1.54) is 7.11 Å². The molecule has 1 rings (SSSR count). The number of methoxy groups -OCH3 is 1. The average molecular weight is 229 g/mol. The molecule has 0 bridgehead atoms. The van der Waals surface area contributed by atoms with E-state index in [4.69, 9.17) is 11.6 Å². The van der Waals surface area contributed by atoms with Crippen LogP contribution in [0.25, 0.3) is 0 Å². The van der Waals surface area contributed by atoms with E-state index < -0.39 is 12.1 Å². The number of carbonyl (C=O) groups is 1. The van der Waals surface area contributed by atoms with E-state index in [0.717, 1.165) is 11.1 Å². The Hall–Kier alpha value is -1.06. The van der Waals surface area contributed by atoms with Gasteiger partial charge in [-0.25, -0.2) is 4.79 Å². The molecule has 0 saturated carbocycles. The van der Waals surface area contributed by atoms with Gasteiger partial charge in [-0.2, -0.15) is 0 Å². The molecule has 0 aliphatic rings. The van der Waals surface area contributed by atoms with Crippen molar-refractivity contribution in [1.29, 1.82) is 0 Å². The molecule has 1 atom stereocenters. The highest BCUT2D eigenvalue weighted by atomic mass is 35.5. The van der Waals surface area contributed by atoms with Crippen molar-refractivity contribution >= 4 is 17.6 Å². The Morgan fingerprint density at radius 1 is 1.47 bits per heavy atom. The average Bonchev–Trinajstić information content (AvgIpc) is 2.22. The van der Waals surface area contributed by atoms with Crippen LogP contribution < -0.4 is 0 Å². The Kier molecular flexibility index (Phi) is 3.72. The van der Waals surface area contributed by atoms with Crippen LogP contribution in [-0.4, -0.2) is 18.2 Å². The van der Waals surface area contributed by atoms with Crippen molar-refractivity contribution in [2.24, 2.45) is 0 Å². The van der Waals surface area contributed by atoms with Gasteiger partial charge in [-0.3, -0.25) is 0 Å². The molecular weight excluding hydrogens is 216 g/mol. The molecule has 0 amide bonds. The normalized spacial score (nSPS) is 12.3. The number of halogens is 1.